The molecule has 164 valence electrons. The van der Waals surface area contributed by atoms with Crippen LogP contribution in [0.3, 0.4) is 0 Å². The zero-order valence-electron chi connectivity index (χ0n) is 17.3. The Morgan fingerprint density at radius 1 is 1.16 bits per heavy atom. The third-order valence-electron chi connectivity index (χ3n) is 5.39. The van der Waals surface area contributed by atoms with Crippen molar-refractivity contribution >= 4 is 50.9 Å². The highest BCUT2D eigenvalue weighted by Crippen LogP contribution is 2.32. The van der Waals surface area contributed by atoms with Crippen molar-refractivity contribution in [2.45, 2.75) is 12.5 Å². The number of carbonyl (C=O) groups excluding carboxylic acids is 4. The zero-order valence-corrected chi connectivity index (χ0v) is 18.1. The third kappa shape index (κ3) is 3.65. The fraction of sp³-hybridized carbons (Fsp3) is 0.182. The van der Waals surface area contributed by atoms with Crippen LogP contribution in [0.4, 0.5) is 9.80 Å². The zero-order chi connectivity index (χ0) is 23.0. The Labute approximate surface area is 187 Å². The van der Waals surface area contributed by atoms with Crippen molar-refractivity contribution in [1.29, 1.82) is 0 Å². The molecule has 1 aliphatic heterocycles. The molecule has 1 aromatic heterocycles. The number of benzene rings is 2. The van der Waals surface area contributed by atoms with Gasteiger partial charge in [-0.15, -0.1) is 11.3 Å². The normalized spacial score (nSPS) is 18.0. The number of amides is 5. The largest absolute Gasteiger partial charge is 0.497 e. The van der Waals surface area contributed by atoms with E-state index in [-0.39, 0.29) is 10.6 Å². The fourth-order valence-corrected chi connectivity index (χ4v) is 4.42. The van der Waals surface area contributed by atoms with Crippen molar-refractivity contribution < 1.29 is 23.9 Å². The van der Waals surface area contributed by atoms with Crippen LogP contribution in [0.2, 0.25) is 0 Å². The average Bonchev–Trinajstić information content (AvgIpc) is 3.31. The van der Waals surface area contributed by atoms with Gasteiger partial charge in [-0.05, 0) is 52.9 Å². The molecule has 3 aromatic rings. The first-order valence-electron chi connectivity index (χ1n) is 9.62. The summed E-state index contributed by atoms with van der Waals surface area (Å²) in [6.07, 6.45) is 0. The molecule has 2 aromatic carbocycles. The molecule has 4 rings (SSSR count). The predicted octanol–water partition coefficient (Wildman–Crippen LogP) is 2.41. The third-order valence-corrected chi connectivity index (χ3v) is 6.21. The van der Waals surface area contributed by atoms with E-state index < -0.39 is 35.8 Å². The van der Waals surface area contributed by atoms with E-state index >= 15 is 0 Å². The van der Waals surface area contributed by atoms with Crippen LogP contribution in [0.15, 0.2) is 47.8 Å². The van der Waals surface area contributed by atoms with E-state index in [1.165, 1.54) is 6.07 Å². The maximum Gasteiger partial charge on any atom is 0.325 e. The van der Waals surface area contributed by atoms with Crippen molar-refractivity contribution in [3.8, 4) is 5.75 Å². The van der Waals surface area contributed by atoms with Crippen LogP contribution >= 0.6 is 11.3 Å². The molecule has 1 aliphatic rings. The Bertz CT molecular complexity index is 1270. The number of nitrogens with two attached hydrogens (primary N) is 1. The van der Waals surface area contributed by atoms with E-state index in [1.807, 2.05) is 30.3 Å². The van der Waals surface area contributed by atoms with Gasteiger partial charge >= 0.3 is 6.03 Å². The van der Waals surface area contributed by atoms with Crippen molar-refractivity contribution in [2.24, 2.45) is 5.73 Å². The van der Waals surface area contributed by atoms with E-state index in [4.69, 9.17) is 10.5 Å². The van der Waals surface area contributed by atoms with Gasteiger partial charge in [-0.3, -0.25) is 19.3 Å². The molecular formula is C22H20N4O5S. The summed E-state index contributed by atoms with van der Waals surface area (Å²) in [4.78, 5) is 50.5. The highest BCUT2D eigenvalue weighted by molar-refractivity contribution is 7.14. The SMILES string of the molecule is COc1ccc2cc([C@]3(C)NC(=O)N(CC(=O)Nc4sccc4C(N)=O)C3=O)ccc2c1. The second-order valence-corrected chi connectivity index (χ2v) is 8.37. The fourth-order valence-electron chi connectivity index (χ4n) is 3.61. The van der Waals surface area contributed by atoms with Gasteiger partial charge in [0.05, 0.1) is 12.7 Å². The lowest BCUT2D eigenvalue weighted by Crippen LogP contribution is -2.42. The number of urea groups is 1. The molecule has 5 amide bonds. The molecule has 9 nitrogen and oxygen atoms in total. The number of thiophene rings is 1. The van der Waals surface area contributed by atoms with E-state index in [1.54, 1.807) is 25.5 Å². The summed E-state index contributed by atoms with van der Waals surface area (Å²) in [7, 11) is 1.58. The first-order valence-corrected chi connectivity index (χ1v) is 10.5. The van der Waals surface area contributed by atoms with E-state index in [2.05, 4.69) is 10.6 Å². The Morgan fingerprint density at radius 2 is 1.88 bits per heavy atom. The lowest BCUT2D eigenvalue weighted by atomic mass is 9.90. The number of nitrogens with one attached hydrogen (secondary N) is 2. The quantitative estimate of drug-likeness (QED) is 0.495. The standard InChI is InChI=1S/C22H20N4O5S/c1-22(14-5-3-13-10-15(31-2)6-4-12(13)9-14)20(29)26(21(30)25-22)11-17(27)24-19-16(18(23)28)7-8-32-19/h3-10H,11H2,1-2H3,(H2,23,28)(H,24,27)(H,25,30)/t22-/m0/s1. The smallest absolute Gasteiger partial charge is 0.325 e. The molecular weight excluding hydrogens is 432 g/mol. The Balaban J connectivity index is 1.55. The van der Waals surface area contributed by atoms with Gasteiger partial charge in [0.1, 0.15) is 22.8 Å². The number of anilines is 1. The summed E-state index contributed by atoms with van der Waals surface area (Å²) in [6, 6.07) is 11.8. The molecule has 2 heterocycles. The number of fused-ring (bicyclic) bond motifs is 1. The van der Waals surface area contributed by atoms with Crippen LogP contribution in [0, 0.1) is 0 Å². The van der Waals surface area contributed by atoms with Gasteiger partial charge in [-0.1, -0.05) is 18.2 Å². The number of hydrogen-bond donors (Lipinski definition) is 3. The summed E-state index contributed by atoms with van der Waals surface area (Å²) < 4.78 is 5.23. The van der Waals surface area contributed by atoms with Gasteiger partial charge in [-0.25, -0.2) is 4.79 Å². The molecule has 1 fully saturated rings. The van der Waals surface area contributed by atoms with Crippen LogP contribution in [0.25, 0.3) is 10.8 Å². The van der Waals surface area contributed by atoms with Gasteiger partial charge in [0.2, 0.25) is 5.91 Å². The van der Waals surface area contributed by atoms with Gasteiger partial charge in [0, 0.05) is 0 Å². The van der Waals surface area contributed by atoms with Crippen LogP contribution in [-0.2, 0) is 15.1 Å². The Morgan fingerprint density at radius 3 is 2.59 bits per heavy atom. The number of ether oxygens (including phenoxy) is 1. The lowest BCUT2D eigenvalue weighted by molar-refractivity contribution is -0.133. The molecule has 1 saturated heterocycles. The van der Waals surface area contributed by atoms with E-state index in [9.17, 15) is 19.2 Å². The summed E-state index contributed by atoms with van der Waals surface area (Å²) in [5.41, 5.74) is 4.71. The first-order chi connectivity index (χ1) is 15.2. The maximum atomic E-state index is 13.2. The molecule has 10 heteroatoms. The molecule has 0 saturated carbocycles. The van der Waals surface area contributed by atoms with Crippen molar-refractivity contribution in [3.05, 3.63) is 59.0 Å². The highest BCUT2D eigenvalue weighted by atomic mass is 32.1. The second kappa shape index (κ2) is 7.97. The van der Waals surface area contributed by atoms with Gasteiger partial charge in [-0.2, -0.15) is 0 Å². The highest BCUT2D eigenvalue weighted by Gasteiger charge is 2.49. The summed E-state index contributed by atoms with van der Waals surface area (Å²) >= 11 is 1.12. The van der Waals surface area contributed by atoms with Crippen LogP contribution in [0.1, 0.15) is 22.8 Å². The molecule has 1 atom stereocenters. The summed E-state index contributed by atoms with van der Waals surface area (Å²) in [6.45, 7) is 1.10. The molecule has 0 spiro atoms. The number of nitrogens with zero attached hydrogens (tertiary/aromatic N) is 1. The summed E-state index contributed by atoms with van der Waals surface area (Å²) in [5, 5.41) is 8.89. The average molecular weight is 452 g/mol. The van der Waals surface area contributed by atoms with Crippen molar-refractivity contribution in [3.63, 3.8) is 0 Å². The second-order valence-electron chi connectivity index (χ2n) is 7.45. The maximum absolute atomic E-state index is 13.2. The number of primary amides is 1. The number of rotatable bonds is 6. The first kappa shape index (κ1) is 21.3. The monoisotopic (exact) mass is 452 g/mol. The van der Waals surface area contributed by atoms with Gasteiger partial charge in [0.15, 0.2) is 0 Å². The molecule has 0 unspecified atom stereocenters. The van der Waals surface area contributed by atoms with E-state index in [0.29, 0.717) is 11.3 Å². The number of imide groups is 1. The number of carbonyl (C=O) groups is 4. The minimum absolute atomic E-state index is 0.165. The topological polar surface area (TPSA) is 131 Å². The molecule has 4 N–H and O–H groups in total. The molecule has 0 aliphatic carbocycles. The van der Waals surface area contributed by atoms with Gasteiger partial charge < -0.3 is 21.1 Å². The predicted molar refractivity (Wildman–Crippen MR) is 120 cm³/mol. The van der Waals surface area contributed by atoms with E-state index in [0.717, 1.165) is 27.0 Å². The minimum Gasteiger partial charge on any atom is -0.497 e. The van der Waals surface area contributed by atoms with Crippen LogP contribution in [0.5, 0.6) is 5.75 Å². The summed E-state index contributed by atoms with van der Waals surface area (Å²) in [5.74, 6) is -1.14. The Kier molecular flexibility index (Phi) is 5.31. The molecule has 32 heavy (non-hydrogen) atoms. The lowest BCUT2D eigenvalue weighted by Gasteiger charge is -2.22. The minimum atomic E-state index is -1.33. The van der Waals surface area contributed by atoms with Crippen molar-refractivity contribution in [1.82, 2.24) is 10.2 Å². The number of hydrogen-bond acceptors (Lipinski definition) is 6. The molecule has 0 bridgehead atoms. The Hall–Kier alpha value is -3.92. The van der Waals surface area contributed by atoms with Crippen molar-refractivity contribution in [2.75, 3.05) is 19.0 Å². The number of methoxy groups -OCH3 is 1. The van der Waals surface area contributed by atoms with Crippen LogP contribution in [-0.4, -0.2) is 42.3 Å². The molecule has 0 radical (unpaired) electrons. The van der Waals surface area contributed by atoms with Gasteiger partial charge in [0.25, 0.3) is 11.8 Å². The van der Waals surface area contributed by atoms with Crippen LogP contribution < -0.4 is 21.1 Å².